The Balaban J connectivity index is 4.30. The summed E-state index contributed by atoms with van der Waals surface area (Å²) < 4.78 is 0. The summed E-state index contributed by atoms with van der Waals surface area (Å²) in [6, 6.07) is -0.983. The van der Waals surface area contributed by atoms with Gasteiger partial charge in [-0.2, -0.15) is 0 Å². The lowest BCUT2D eigenvalue weighted by molar-refractivity contribution is -0.143. The Hall–Kier alpha value is -1.10. The van der Waals surface area contributed by atoms with Crippen LogP contribution in [0.25, 0.3) is 0 Å². The minimum atomic E-state index is -1.10. The SMILES string of the molecule is CCCCC(CC)C(=O)N[C@H](CCO)C(=O)O. The highest BCUT2D eigenvalue weighted by Crippen LogP contribution is 2.13. The van der Waals surface area contributed by atoms with Gasteiger partial charge in [0.2, 0.25) is 5.91 Å². The summed E-state index contributed by atoms with van der Waals surface area (Å²) in [5, 5.41) is 20.1. The molecule has 0 aromatic carbocycles. The molecular weight excluding hydrogens is 222 g/mol. The lowest BCUT2D eigenvalue weighted by Crippen LogP contribution is -2.44. The maximum Gasteiger partial charge on any atom is 0.326 e. The standard InChI is InChI=1S/C12H23NO4/c1-3-5-6-9(4-2)11(15)13-10(7-8-14)12(16)17/h9-10,14H,3-8H2,1-2H3,(H,13,15)(H,16,17)/t9?,10-/m1/s1. The van der Waals surface area contributed by atoms with E-state index in [0.29, 0.717) is 6.42 Å². The molecule has 0 spiro atoms. The van der Waals surface area contributed by atoms with Gasteiger partial charge in [-0.25, -0.2) is 4.79 Å². The van der Waals surface area contributed by atoms with Gasteiger partial charge in [-0.3, -0.25) is 4.79 Å². The predicted molar refractivity (Wildman–Crippen MR) is 64.6 cm³/mol. The topological polar surface area (TPSA) is 86.6 Å². The quantitative estimate of drug-likeness (QED) is 0.569. The van der Waals surface area contributed by atoms with Crippen molar-refractivity contribution in [3.8, 4) is 0 Å². The van der Waals surface area contributed by atoms with Gasteiger partial charge in [-0.05, 0) is 12.8 Å². The van der Waals surface area contributed by atoms with Crippen molar-refractivity contribution in [3.05, 3.63) is 0 Å². The first-order valence-corrected chi connectivity index (χ1v) is 6.20. The normalized spacial score (nSPS) is 14.1. The monoisotopic (exact) mass is 245 g/mol. The average molecular weight is 245 g/mol. The lowest BCUT2D eigenvalue weighted by Gasteiger charge is -2.18. The number of carbonyl (C=O) groups excluding carboxylic acids is 1. The highest BCUT2D eigenvalue weighted by atomic mass is 16.4. The zero-order chi connectivity index (χ0) is 13.3. The van der Waals surface area contributed by atoms with E-state index < -0.39 is 12.0 Å². The molecular formula is C12H23NO4. The molecule has 0 saturated carbocycles. The maximum atomic E-state index is 11.8. The number of aliphatic carboxylic acids is 1. The number of hydrogen-bond donors (Lipinski definition) is 3. The molecule has 0 aliphatic carbocycles. The Morgan fingerprint density at radius 1 is 1.24 bits per heavy atom. The third-order valence-electron chi connectivity index (χ3n) is 2.80. The van der Waals surface area contributed by atoms with Crippen LogP contribution in [0.2, 0.25) is 0 Å². The summed E-state index contributed by atoms with van der Waals surface area (Å²) in [6.45, 7) is 3.72. The molecule has 100 valence electrons. The van der Waals surface area contributed by atoms with Gasteiger partial charge in [0.05, 0.1) is 0 Å². The van der Waals surface area contributed by atoms with Crippen molar-refractivity contribution >= 4 is 11.9 Å². The first kappa shape index (κ1) is 15.9. The van der Waals surface area contributed by atoms with E-state index in [1.54, 1.807) is 0 Å². The molecule has 0 rings (SSSR count). The molecule has 0 aliphatic heterocycles. The van der Waals surface area contributed by atoms with Crippen molar-refractivity contribution in [3.63, 3.8) is 0 Å². The summed E-state index contributed by atoms with van der Waals surface area (Å²) in [6.07, 6.45) is 3.51. The molecule has 0 bridgehead atoms. The summed E-state index contributed by atoms with van der Waals surface area (Å²) in [5.41, 5.74) is 0. The largest absolute Gasteiger partial charge is 0.480 e. The van der Waals surface area contributed by atoms with Crippen LogP contribution in [0.3, 0.4) is 0 Å². The molecule has 3 N–H and O–H groups in total. The van der Waals surface area contributed by atoms with Gasteiger partial charge in [0, 0.05) is 18.9 Å². The molecule has 1 unspecified atom stereocenters. The summed E-state index contributed by atoms with van der Waals surface area (Å²) >= 11 is 0. The van der Waals surface area contributed by atoms with Gasteiger partial charge in [0.15, 0.2) is 0 Å². The van der Waals surface area contributed by atoms with Gasteiger partial charge in [-0.1, -0.05) is 26.7 Å². The van der Waals surface area contributed by atoms with Crippen LogP contribution in [0.4, 0.5) is 0 Å². The number of rotatable bonds is 9. The van der Waals surface area contributed by atoms with Crippen molar-refractivity contribution < 1.29 is 19.8 Å². The van der Waals surface area contributed by atoms with E-state index in [4.69, 9.17) is 10.2 Å². The molecule has 0 aliphatic rings. The second-order valence-electron chi connectivity index (χ2n) is 4.16. The molecule has 0 radical (unpaired) electrons. The number of unbranched alkanes of at least 4 members (excludes halogenated alkanes) is 1. The first-order chi connectivity index (χ1) is 8.06. The number of aliphatic hydroxyl groups excluding tert-OH is 1. The van der Waals surface area contributed by atoms with Crippen LogP contribution >= 0.6 is 0 Å². The number of nitrogens with one attached hydrogen (secondary N) is 1. The molecule has 17 heavy (non-hydrogen) atoms. The number of carboxylic acid groups (broad SMARTS) is 1. The molecule has 0 saturated heterocycles. The number of hydrogen-bond acceptors (Lipinski definition) is 3. The zero-order valence-electron chi connectivity index (χ0n) is 10.6. The lowest BCUT2D eigenvalue weighted by atomic mass is 9.98. The second-order valence-corrected chi connectivity index (χ2v) is 4.16. The Bertz CT molecular complexity index is 243. The molecule has 2 atom stereocenters. The van der Waals surface area contributed by atoms with E-state index in [-0.39, 0.29) is 24.9 Å². The molecule has 0 aromatic rings. The van der Waals surface area contributed by atoms with E-state index >= 15 is 0 Å². The third kappa shape index (κ3) is 6.26. The molecule has 5 heteroatoms. The minimum absolute atomic E-state index is 0.0469. The third-order valence-corrected chi connectivity index (χ3v) is 2.80. The Morgan fingerprint density at radius 2 is 1.88 bits per heavy atom. The Morgan fingerprint density at radius 3 is 2.29 bits per heavy atom. The number of aliphatic hydroxyl groups is 1. The fourth-order valence-electron chi connectivity index (χ4n) is 1.65. The van der Waals surface area contributed by atoms with Crippen LogP contribution in [0.15, 0.2) is 0 Å². The van der Waals surface area contributed by atoms with E-state index in [1.165, 1.54) is 0 Å². The van der Waals surface area contributed by atoms with Crippen LogP contribution in [0.1, 0.15) is 46.0 Å². The molecule has 5 nitrogen and oxygen atoms in total. The van der Waals surface area contributed by atoms with Crippen molar-refractivity contribution in [2.24, 2.45) is 5.92 Å². The second kappa shape index (κ2) is 8.98. The highest BCUT2D eigenvalue weighted by Gasteiger charge is 2.23. The predicted octanol–water partition coefficient (Wildman–Crippen LogP) is 1.15. The Labute approximate surface area is 102 Å². The van der Waals surface area contributed by atoms with Crippen molar-refractivity contribution in [1.29, 1.82) is 0 Å². The molecule has 1 amide bonds. The molecule has 0 fully saturated rings. The van der Waals surface area contributed by atoms with Crippen LogP contribution in [0, 0.1) is 5.92 Å². The smallest absolute Gasteiger partial charge is 0.326 e. The van der Waals surface area contributed by atoms with Gasteiger partial charge in [0.25, 0.3) is 0 Å². The van der Waals surface area contributed by atoms with Crippen LogP contribution in [-0.4, -0.2) is 34.7 Å². The van der Waals surface area contributed by atoms with Crippen LogP contribution in [-0.2, 0) is 9.59 Å². The number of carbonyl (C=O) groups is 2. The summed E-state index contributed by atoms with van der Waals surface area (Å²) in [4.78, 5) is 22.6. The van der Waals surface area contributed by atoms with Crippen molar-refractivity contribution in [2.75, 3.05) is 6.61 Å². The fraction of sp³-hybridized carbons (Fsp3) is 0.833. The van der Waals surface area contributed by atoms with Gasteiger partial charge in [0.1, 0.15) is 6.04 Å². The molecule has 0 heterocycles. The highest BCUT2D eigenvalue weighted by molar-refractivity contribution is 5.84. The van der Waals surface area contributed by atoms with E-state index in [9.17, 15) is 9.59 Å². The van der Waals surface area contributed by atoms with Crippen molar-refractivity contribution in [1.82, 2.24) is 5.32 Å². The van der Waals surface area contributed by atoms with Gasteiger partial charge < -0.3 is 15.5 Å². The minimum Gasteiger partial charge on any atom is -0.480 e. The summed E-state index contributed by atoms with van der Waals surface area (Å²) in [7, 11) is 0. The van der Waals surface area contributed by atoms with E-state index in [0.717, 1.165) is 19.3 Å². The summed E-state index contributed by atoms with van der Waals surface area (Å²) in [5.74, 6) is -1.45. The first-order valence-electron chi connectivity index (χ1n) is 6.20. The number of amides is 1. The van der Waals surface area contributed by atoms with Gasteiger partial charge in [-0.15, -0.1) is 0 Å². The number of carboxylic acids is 1. The molecule has 0 aromatic heterocycles. The van der Waals surface area contributed by atoms with E-state index in [1.807, 2.05) is 6.92 Å². The maximum absolute atomic E-state index is 11.8. The zero-order valence-corrected chi connectivity index (χ0v) is 10.6. The van der Waals surface area contributed by atoms with Crippen LogP contribution < -0.4 is 5.32 Å². The van der Waals surface area contributed by atoms with Crippen LogP contribution in [0.5, 0.6) is 0 Å². The van der Waals surface area contributed by atoms with Gasteiger partial charge >= 0.3 is 5.97 Å². The fourth-order valence-corrected chi connectivity index (χ4v) is 1.65. The average Bonchev–Trinajstić information content (AvgIpc) is 2.29. The van der Waals surface area contributed by atoms with E-state index in [2.05, 4.69) is 12.2 Å². The Kier molecular flexibility index (Phi) is 8.40. The van der Waals surface area contributed by atoms with Crippen molar-refractivity contribution in [2.45, 2.75) is 52.0 Å².